The molecular formula is C23H32FN5O2. The average Bonchev–Trinajstić information content (AvgIpc) is 3.21. The van der Waals surface area contributed by atoms with Crippen molar-refractivity contribution < 1.29 is 14.0 Å². The normalized spacial score (nSPS) is 15.4. The van der Waals surface area contributed by atoms with Crippen LogP contribution in [0.15, 0.2) is 36.8 Å². The second-order valence-corrected chi connectivity index (χ2v) is 9.31. The van der Waals surface area contributed by atoms with Crippen LogP contribution in [0.4, 0.5) is 4.39 Å². The van der Waals surface area contributed by atoms with Crippen LogP contribution in [0.1, 0.15) is 37.2 Å². The fourth-order valence-electron chi connectivity index (χ4n) is 4.15. The molecule has 0 unspecified atom stereocenters. The second kappa shape index (κ2) is 9.60. The maximum absolute atomic E-state index is 13.2. The summed E-state index contributed by atoms with van der Waals surface area (Å²) in [6.07, 6.45) is 4.35. The minimum absolute atomic E-state index is 0.00537. The number of imidazole rings is 1. The van der Waals surface area contributed by atoms with E-state index in [9.17, 15) is 14.0 Å². The number of hydrogen-bond acceptors (Lipinski definition) is 4. The molecule has 1 fully saturated rings. The number of amides is 2. The monoisotopic (exact) mass is 429 g/mol. The number of carbonyl (C=O) groups is 2. The third-order valence-corrected chi connectivity index (χ3v) is 5.60. The number of carbonyl (C=O) groups excluding carboxylic acids is 2. The zero-order valence-electron chi connectivity index (χ0n) is 18.8. The van der Waals surface area contributed by atoms with Crippen LogP contribution in [0.5, 0.6) is 0 Å². The highest BCUT2D eigenvalue weighted by atomic mass is 19.1. The van der Waals surface area contributed by atoms with Gasteiger partial charge in [0, 0.05) is 37.8 Å². The summed E-state index contributed by atoms with van der Waals surface area (Å²) in [5.41, 5.74) is 1.10. The first-order valence-corrected chi connectivity index (χ1v) is 10.7. The van der Waals surface area contributed by atoms with E-state index in [0.717, 1.165) is 6.54 Å². The van der Waals surface area contributed by atoms with Crippen LogP contribution < -0.4 is 5.32 Å². The molecule has 1 aromatic carbocycles. The first kappa shape index (κ1) is 22.9. The van der Waals surface area contributed by atoms with Gasteiger partial charge in [-0.2, -0.15) is 0 Å². The number of likely N-dealkylation sites (tertiary alicyclic amines) is 1. The summed E-state index contributed by atoms with van der Waals surface area (Å²) in [7, 11) is 4.05. The van der Waals surface area contributed by atoms with Crippen molar-refractivity contribution in [1.29, 1.82) is 0 Å². The van der Waals surface area contributed by atoms with E-state index in [1.54, 1.807) is 27.9 Å². The highest BCUT2D eigenvalue weighted by Crippen LogP contribution is 2.22. The third-order valence-electron chi connectivity index (χ3n) is 5.60. The van der Waals surface area contributed by atoms with Gasteiger partial charge in [-0.05, 0) is 56.6 Å². The van der Waals surface area contributed by atoms with Crippen molar-refractivity contribution in [1.82, 2.24) is 24.7 Å². The molecule has 8 heteroatoms. The van der Waals surface area contributed by atoms with E-state index in [1.807, 2.05) is 14.1 Å². The zero-order valence-corrected chi connectivity index (χ0v) is 18.8. The van der Waals surface area contributed by atoms with Gasteiger partial charge in [0.05, 0.1) is 12.5 Å². The number of nitrogens with one attached hydrogen (secondary N) is 1. The highest BCUT2D eigenvalue weighted by molar-refractivity contribution is 5.93. The molecule has 1 aliphatic rings. The molecule has 0 aliphatic carbocycles. The van der Waals surface area contributed by atoms with E-state index in [-0.39, 0.29) is 29.0 Å². The number of rotatable bonds is 7. The lowest BCUT2D eigenvalue weighted by Gasteiger charge is -2.33. The SMILES string of the molecule is CN(C)CC(C)(C)CNC(=O)C1CCN(C(=O)c2cncn2-c2ccc(F)cc2)CC1. The molecule has 0 atom stereocenters. The van der Waals surface area contributed by atoms with E-state index in [1.165, 1.54) is 18.3 Å². The molecule has 168 valence electrons. The van der Waals surface area contributed by atoms with Crippen LogP contribution >= 0.6 is 0 Å². The van der Waals surface area contributed by atoms with Crippen LogP contribution in [0.3, 0.4) is 0 Å². The van der Waals surface area contributed by atoms with Gasteiger partial charge in [0.1, 0.15) is 11.5 Å². The highest BCUT2D eigenvalue weighted by Gasteiger charge is 2.30. The lowest BCUT2D eigenvalue weighted by atomic mass is 9.91. The van der Waals surface area contributed by atoms with E-state index in [2.05, 4.69) is 29.0 Å². The Morgan fingerprint density at radius 1 is 1.19 bits per heavy atom. The first-order valence-electron chi connectivity index (χ1n) is 10.7. The average molecular weight is 430 g/mol. The number of halogens is 1. The second-order valence-electron chi connectivity index (χ2n) is 9.31. The van der Waals surface area contributed by atoms with Crippen molar-refractivity contribution in [3.05, 3.63) is 48.3 Å². The summed E-state index contributed by atoms with van der Waals surface area (Å²) in [5.74, 6) is -0.480. The maximum atomic E-state index is 13.2. The molecule has 2 amide bonds. The zero-order chi connectivity index (χ0) is 22.6. The molecule has 1 aromatic heterocycles. The molecule has 2 aromatic rings. The van der Waals surface area contributed by atoms with Crippen LogP contribution in [-0.2, 0) is 4.79 Å². The van der Waals surface area contributed by atoms with Crippen molar-refractivity contribution in [3.63, 3.8) is 0 Å². The fraction of sp³-hybridized carbons (Fsp3) is 0.522. The Kier molecular flexibility index (Phi) is 7.10. The number of hydrogen-bond donors (Lipinski definition) is 1. The molecule has 0 saturated carbocycles. The third kappa shape index (κ3) is 5.91. The van der Waals surface area contributed by atoms with Crippen molar-refractivity contribution >= 4 is 11.8 Å². The van der Waals surface area contributed by atoms with Gasteiger partial charge in [-0.25, -0.2) is 9.37 Å². The van der Waals surface area contributed by atoms with Gasteiger partial charge in [0.25, 0.3) is 5.91 Å². The number of aromatic nitrogens is 2. The van der Waals surface area contributed by atoms with E-state index in [0.29, 0.717) is 43.9 Å². The molecule has 0 spiro atoms. The maximum Gasteiger partial charge on any atom is 0.272 e. The van der Waals surface area contributed by atoms with Crippen LogP contribution in [0, 0.1) is 17.2 Å². The van der Waals surface area contributed by atoms with Crippen molar-refractivity contribution in [2.45, 2.75) is 26.7 Å². The quantitative estimate of drug-likeness (QED) is 0.735. The number of benzene rings is 1. The Balaban J connectivity index is 1.55. The largest absolute Gasteiger partial charge is 0.355 e. The summed E-state index contributed by atoms with van der Waals surface area (Å²) in [6.45, 7) is 6.83. The van der Waals surface area contributed by atoms with Gasteiger partial charge in [0.15, 0.2) is 0 Å². The van der Waals surface area contributed by atoms with Gasteiger partial charge >= 0.3 is 0 Å². The standard InChI is InChI=1S/C23H32FN5O2/c1-23(2,15-27(3)4)14-26-21(30)17-9-11-28(12-10-17)22(31)20-13-25-16-29(20)19-7-5-18(24)6-8-19/h5-8,13,16-17H,9-12,14-15H2,1-4H3,(H,26,30). The topological polar surface area (TPSA) is 70.5 Å². The van der Waals surface area contributed by atoms with E-state index >= 15 is 0 Å². The van der Waals surface area contributed by atoms with E-state index < -0.39 is 0 Å². The predicted octanol–water partition coefficient (Wildman–Crippen LogP) is 2.57. The van der Waals surface area contributed by atoms with Gasteiger partial charge in [-0.1, -0.05) is 13.8 Å². The Morgan fingerprint density at radius 3 is 2.45 bits per heavy atom. The molecule has 7 nitrogen and oxygen atoms in total. The fourth-order valence-corrected chi connectivity index (χ4v) is 4.15. The van der Waals surface area contributed by atoms with E-state index in [4.69, 9.17) is 0 Å². The van der Waals surface area contributed by atoms with Crippen molar-refractivity contribution in [3.8, 4) is 5.69 Å². The van der Waals surface area contributed by atoms with Gasteiger partial charge in [0.2, 0.25) is 5.91 Å². The Bertz CT molecular complexity index is 899. The van der Waals surface area contributed by atoms with Crippen molar-refractivity contribution in [2.24, 2.45) is 11.3 Å². The summed E-state index contributed by atoms with van der Waals surface area (Å²) in [4.78, 5) is 33.7. The number of piperidine rings is 1. The van der Waals surface area contributed by atoms with Gasteiger partial charge in [-0.3, -0.25) is 14.2 Å². The van der Waals surface area contributed by atoms with Crippen LogP contribution in [0.2, 0.25) is 0 Å². The van der Waals surface area contributed by atoms with Crippen molar-refractivity contribution in [2.75, 3.05) is 40.3 Å². The first-order chi connectivity index (χ1) is 14.7. The molecule has 31 heavy (non-hydrogen) atoms. The van der Waals surface area contributed by atoms with Crippen LogP contribution in [-0.4, -0.2) is 71.4 Å². The molecule has 2 heterocycles. The molecule has 1 aliphatic heterocycles. The minimum atomic E-state index is -0.331. The summed E-state index contributed by atoms with van der Waals surface area (Å²) >= 11 is 0. The predicted molar refractivity (Wildman–Crippen MR) is 117 cm³/mol. The van der Waals surface area contributed by atoms with Gasteiger partial charge in [-0.15, -0.1) is 0 Å². The molecular weight excluding hydrogens is 397 g/mol. The Labute approximate surface area is 183 Å². The lowest BCUT2D eigenvalue weighted by molar-refractivity contribution is -0.126. The molecule has 1 N–H and O–H groups in total. The van der Waals surface area contributed by atoms with Gasteiger partial charge < -0.3 is 15.1 Å². The molecule has 3 rings (SSSR count). The molecule has 0 radical (unpaired) electrons. The smallest absolute Gasteiger partial charge is 0.272 e. The summed E-state index contributed by atoms with van der Waals surface area (Å²) in [6, 6.07) is 5.94. The molecule has 1 saturated heterocycles. The molecule has 0 bridgehead atoms. The minimum Gasteiger partial charge on any atom is -0.355 e. The Morgan fingerprint density at radius 2 is 1.84 bits per heavy atom. The lowest BCUT2D eigenvalue weighted by Crippen LogP contribution is -2.46. The summed E-state index contributed by atoms with van der Waals surface area (Å²) in [5, 5.41) is 3.09. The Hall–Kier alpha value is -2.74. The number of nitrogens with zero attached hydrogens (tertiary/aromatic N) is 4. The van der Waals surface area contributed by atoms with Crippen LogP contribution in [0.25, 0.3) is 5.69 Å². The summed E-state index contributed by atoms with van der Waals surface area (Å²) < 4.78 is 14.9.